The first-order chi connectivity index (χ1) is 10.6. The number of esters is 1. The molecule has 0 bridgehead atoms. The molecule has 0 unspecified atom stereocenters. The van der Waals surface area contributed by atoms with Crippen molar-refractivity contribution >= 4 is 18.8 Å². The lowest BCUT2D eigenvalue weighted by Gasteiger charge is -2.22. The maximum absolute atomic E-state index is 11.6. The van der Waals surface area contributed by atoms with E-state index in [-0.39, 0.29) is 12.5 Å². The van der Waals surface area contributed by atoms with Gasteiger partial charge in [0.05, 0.1) is 13.2 Å². The van der Waals surface area contributed by atoms with Crippen molar-refractivity contribution in [3.05, 3.63) is 23.4 Å². The van der Waals surface area contributed by atoms with Gasteiger partial charge in [0.2, 0.25) is 0 Å². The van der Waals surface area contributed by atoms with Crippen molar-refractivity contribution in [1.29, 1.82) is 0 Å². The van der Waals surface area contributed by atoms with E-state index in [1.165, 1.54) is 5.56 Å². The number of fused-ring (bicyclic) bond motifs is 1. The molecule has 0 aliphatic carbocycles. The molecule has 6 nitrogen and oxygen atoms in total. The fourth-order valence-electron chi connectivity index (χ4n) is 2.54. The van der Waals surface area contributed by atoms with E-state index in [1.54, 1.807) is 18.6 Å². The third-order valence-electron chi connectivity index (χ3n) is 3.77. The lowest BCUT2D eigenvalue weighted by molar-refractivity contribution is -0.143. The number of rotatable bonds is 7. The summed E-state index contributed by atoms with van der Waals surface area (Å²) >= 11 is 0. The van der Waals surface area contributed by atoms with Crippen LogP contribution in [0.25, 0.3) is 0 Å². The minimum absolute atomic E-state index is 0.0920. The molecule has 2 rings (SSSR count). The highest BCUT2D eigenvalue weighted by atomic mass is 16.5. The van der Waals surface area contributed by atoms with E-state index in [2.05, 4.69) is 16.4 Å². The number of nitrogens with zero attached hydrogens (tertiary/aromatic N) is 2. The van der Waals surface area contributed by atoms with Crippen molar-refractivity contribution in [3.8, 4) is 0 Å². The molecule has 0 atom stereocenters. The molecule has 1 aromatic rings. The smallest absolute Gasteiger partial charge is 0.376 e. The second-order valence-corrected chi connectivity index (χ2v) is 5.50. The Hall–Kier alpha value is -1.60. The molecule has 0 saturated heterocycles. The Kier molecular flexibility index (Phi) is 6.21. The normalized spacial score (nSPS) is 13.5. The number of aromatic nitrogens is 1. The maximum Gasteiger partial charge on any atom is 0.376 e. The molecule has 0 aromatic carbocycles. The van der Waals surface area contributed by atoms with E-state index in [1.807, 2.05) is 6.07 Å². The number of carbonyl (C=O) groups is 1. The molecule has 7 heteroatoms. The van der Waals surface area contributed by atoms with Crippen LogP contribution < -0.4 is 5.32 Å². The highest BCUT2D eigenvalue weighted by Gasteiger charge is 2.20. The van der Waals surface area contributed by atoms with E-state index >= 15 is 0 Å². The van der Waals surface area contributed by atoms with Gasteiger partial charge < -0.3 is 19.9 Å². The molecular formula is C15H24BN3O3. The van der Waals surface area contributed by atoms with E-state index in [0.717, 1.165) is 30.9 Å². The van der Waals surface area contributed by atoms with E-state index in [4.69, 9.17) is 4.74 Å². The van der Waals surface area contributed by atoms with Crippen LogP contribution in [0.2, 0.25) is 6.82 Å². The molecule has 2 heterocycles. The van der Waals surface area contributed by atoms with Crippen molar-refractivity contribution in [3.63, 3.8) is 0 Å². The number of aryl methyl sites for hydroxylation is 1. The zero-order valence-electron chi connectivity index (χ0n) is 13.3. The molecule has 0 spiro atoms. The van der Waals surface area contributed by atoms with Crippen molar-refractivity contribution in [2.45, 2.75) is 33.0 Å². The molecule has 1 aliphatic rings. The number of carbonyl (C=O) groups excluding carboxylic acids is 1. The monoisotopic (exact) mass is 305 g/mol. The summed E-state index contributed by atoms with van der Waals surface area (Å²) in [5.41, 5.74) is 2.22. The molecule has 2 N–H and O–H groups in total. The van der Waals surface area contributed by atoms with Crippen LogP contribution >= 0.6 is 0 Å². The Morgan fingerprint density at radius 2 is 2.36 bits per heavy atom. The van der Waals surface area contributed by atoms with Gasteiger partial charge in [0.25, 0.3) is 0 Å². The first-order valence-corrected chi connectivity index (χ1v) is 7.90. The molecule has 0 radical (unpaired) electrons. The molecule has 1 aliphatic heterocycles. The topological polar surface area (TPSA) is 74.7 Å². The lowest BCUT2D eigenvalue weighted by Crippen LogP contribution is -2.42. The quantitative estimate of drug-likeness (QED) is 0.577. The summed E-state index contributed by atoms with van der Waals surface area (Å²) in [6.07, 6.45) is 2.89. The maximum atomic E-state index is 11.6. The number of ether oxygens (including phenoxy) is 1. The molecule has 0 saturated carbocycles. The Labute approximate surface area is 132 Å². The number of pyridine rings is 1. The first kappa shape index (κ1) is 16.8. The molecule has 1 aromatic heterocycles. The van der Waals surface area contributed by atoms with Crippen molar-refractivity contribution in [2.75, 3.05) is 31.6 Å². The van der Waals surface area contributed by atoms with Gasteiger partial charge in [0.15, 0.2) is 0 Å². The summed E-state index contributed by atoms with van der Waals surface area (Å²) in [4.78, 5) is 17.9. The number of hydrogen-bond acceptors (Lipinski definition) is 6. The average Bonchev–Trinajstić information content (AvgIpc) is 2.51. The highest BCUT2D eigenvalue weighted by molar-refractivity contribution is 6.45. The van der Waals surface area contributed by atoms with Crippen LogP contribution in [0.5, 0.6) is 0 Å². The Morgan fingerprint density at radius 3 is 3.09 bits per heavy atom. The Bertz CT molecular complexity index is 511. The second kappa shape index (κ2) is 8.15. The average molecular weight is 305 g/mol. The Balaban J connectivity index is 1.92. The summed E-state index contributed by atoms with van der Waals surface area (Å²) in [7, 11) is -0.694. The third kappa shape index (κ3) is 4.71. The number of anilines is 1. The molecule has 0 fully saturated rings. The van der Waals surface area contributed by atoms with Crippen LogP contribution in [-0.4, -0.2) is 54.1 Å². The van der Waals surface area contributed by atoms with Gasteiger partial charge in [-0.2, -0.15) is 0 Å². The predicted octanol–water partition coefficient (Wildman–Crippen LogP) is 0.958. The summed E-state index contributed by atoms with van der Waals surface area (Å²) in [5.74, 6) is 0.654. The minimum Gasteiger partial charge on any atom is -0.465 e. The minimum atomic E-state index is -0.694. The van der Waals surface area contributed by atoms with Crippen LogP contribution in [-0.2, 0) is 22.4 Å². The summed E-state index contributed by atoms with van der Waals surface area (Å²) < 4.78 is 4.93. The van der Waals surface area contributed by atoms with Gasteiger partial charge in [-0.15, -0.1) is 0 Å². The third-order valence-corrected chi connectivity index (χ3v) is 3.77. The zero-order valence-corrected chi connectivity index (χ0v) is 13.3. The largest absolute Gasteiger partial charge is 0.465 e. The fourth-order valence-corrected chi connectivity index (χ4v) is 2.54. The summed E-state index contributed by atoms with van der Waals surface area (Å²) in [6, 6.07) is 4.14. The van der Waals surface area contributed by atoms with Crippen molar-refractivity contribution in [2.24, 2.45) is 0 Å². The van der Waals surface area contributed by atoms with Crippen LogP contribution in [0.4, 0.5) is 5.82 Å². The standard InChI is InChI=1S/C15H24BN3O3/c1-3-22-14(20)11-19(16(2)21)10-8-13-7-6-12-5-4-9-17-15(12)18-13/h6-7,21H,3-5,8-11H2,1-2H3,(H,17,18). The van der Waals surface area contributed by atoms with Crippen LogP contribution in [0.1, 0.15) is 24.6 Å². The second-order valence-electron chi connectivity index (χ2n) is 5.50. The number of hydrogen-bond donors (Lipinski definition) is 2. The van der Waals surface area contributed by atoms with Crippen LogP contribution in [0.3, 0.4) is 0 Å². The number of nitrogens with one attached hydrogen (secondary N) is 1. The SMILES string of the molecule is CCOC(=O)CN(CCc1ccc2c(n1)NCCC2)B(C)O. The van der Waals surface area contributed by atoms with Gasteiger partial charge in [0, 0.05) is 18.7 Å². The fraction of sp³-hybridized carbons (Fsp3) is 0.600. The van der Waals surface area contributed by atoms with Crippen molar-refractivity contribution in [1.82, 2.24) is 9.79 Å². The Morgan fingerprint density at radius 1 is 1.55 bits per heavy atom. The molecule has 0 amide bonds. The van der Waals surface area contributed by atoms with Gasteiger partial charge in [-0.3, -0.25) is 4.79 Å². The molecule has 22 heavy (non-hydrogen) atoms. The van der Waals surface area contributed by atoms with Gasteiger partial charge >= 0.3 is 13.0 Å². The lowest BCUT2D eigenvalue weighted by atomic mass is 9.84. The molecular weight excluding hydrogens is 281 g/mol. The molecule has 120 valence electrons. The highest BCUT2D eigenvalue weighted by Crippen LogP contribution is 2.19. The first-order valence-electron chi connectivity index (χ1n) is 7.90. The van der Waals surface area contributed by atoms with Crippen LogP contribution in [0, 0.1) is 0 Å². The van der Waals surface area contributed by atoms with E-state index in [9.17, 15) is 9.82 Å². The van der Waals surface area contributed by atoms with E-state index < -0.39 is 7.05 Å². The van der Waals surface area contributed by atoms with Crippen molar-refractivity contribution < 1.29 is 14.6 Å². The van der Waals surface area contributed by atoms with Gasteiger partial charge in [-0.05, 0) is 44.8 Å². The van der Waals surface area contributed by atoms with Gasteiger partial charge in [0.1, 0.15) is 5.82 Å². The van der Waals surface area contributed by atoms with Crippen LogP contribution in [0.15, 0.2) is 12.1 Å². The van der Waals surface area contributed by atoms with E-state index in [0.29, 0.717) is 19.6 Å². The summed E-state index contributed by atoms with van der Waals surface area (Å²) in [6.45, 7) is 5.39. The van der Waals surface area contributed by atoms with Gasteiger partial charge in [-0.25, -0.2) is 4.98 Å². The van der Waals surface area contributed by atoms with Gasteiger partial charge in [-0.1, -0.05) is 6.07 Å². The zero-order chi connectivity index (χ0) is 15.9. The summed E-state index contributed by atoms with van der Waals surface area (Å²) in [5, 5.41) is 13.1. The predicted molar refractivity (Wildman–Crippen MR) is 86.8 cm³/mol.